The van der Waals surface area contributed by atoms with Crippen molar-refractivity contribution in [3.63, 3.8) is 0 Å². The number of benzene rings is 1. The largest absolute Gasteiger partial charge is 0.497 e. The number of hydrogen-bond donors (Lipinski definition) is 2. The first-order valence-electron chi connectivity index (χ1n) is 7.52. The molecule has 0 spiro atoms. The van der Waals surface area contributed by atoms with Gasteiger partial charge < -0.3 is 15.0 Å². The number of aromatic nitrogens is 1. The van der Waals surface area contributed by atoms with Crippen LogP contribution in [0.25, 0.3) is 10.9 Å². The van der Waals surface area contributed by atoms with Crippen molar-refractivity contribution in [2.24, 2.45) is 0 Å². The maximum absolute atomic E-state index is 12.1. The summed E-state index contributed by atoms with van der Waals surface area (Å²) in [6.07, 6.45) is 1.62. The van der Waals surface area contributed by atoms with E-state index in [0.717, 1.165) is 23.1 Å². The Morgan fingerprint density at radius 2 is 2.14 bits per heavy atom. The van der Waals surface area contributed by atoms with E-state index in [-0.39, 0.29) is 17.5 Å². The lowest BCUT2D eigenvalue weighted by molar-refractivity contribution is -0.121. The zero-order valence-electron chi connectivity index (χ0n) is 13.2. The highest BCUT2D eigenvalue weighted by atomic mass is 16.5. The normalized spacial score (nSPS) is 12.1. The van der Waals surface area contributed by atoms with Crippen LogP contribution in [0.3, 0.4) is 0 Å². The molecule has 0 aliphatic carbocycles. The molecule has 1 atom stereocenters. The Hall–Kier alpha value is -2.30. The van der Waals surface area contributed by atoms with Gasteiger partial charge in [0.1, 0.15) is 5.75 Å². The van der Waals surface area contributed by atoms with E-state index in [1.54, 1.807) is 13.2 Å². The number of fused-ring (bicyclic) bond motifs is 1. The third-order valence-electron chi connectivity index (χ3n) is 3.77. The molecule has 1 amide bonds. The number of aryl methyl sites for hydroxylation is 1. The highest BCUT2D eigenvalue weighted by Crippen LogP contribution is 2.19. The van der Waals surface area contributed by atoms with Gasteiger partial charge in [-0.1, -0.05) is 6.92 Å². The van der Waals surface area contributed by atoms with E-state index in [0.29, 0.717) is 18.4 Å². The third-order valence-corrected chi connectivity index (χ3v) is 3.77. The molecule has 0 bridgehead atoms. The van der Waals surface area contributed by atoms with Crippen molar-refractivity contribution in [1.29, 1.82) is 0 Å². The van der Waals surface area contributed by atoms with Crippen molar-refractivity contribution in [3.05, 3.63) is 40.2 Å². The van der Waals surface area contributed by atoms with Crippen LogP contribution in [-0.2, 0) is 11.2 Å². The molecule has 0 aliphatic rings. The van der Waals surface area contributed by atoms with E-state index in [9.17, 15) is 9.59 Å². The Morgan fingerprint density at radius 3 is 2.82 bits per heavy atom. The van der Waals surface area contributed by atoms with Crippen LogP contribution in [-0.4, -0.2) is 24.0 Å². The van der Waals surface area contributed by atoms with E-state index in [4.69, 9.17) is 4.74 Å². The minimum Gasteiger partial charge on any atom is -0.497 e. The van der Waals surface area contributed by atoms with Crippen LogP contribution in [0, 0.1) is 0 Å². The molecule has 5 nitrogen and oxygen atoms in total. The number of pyridine rings is 1. The second-order valence-corrected chi connectivity index (χ2v) is 5.45. The van der Waals surface area contributed by atoms with Crippen molar-refractivity contribution in [3.8, 4) is 5.75 Å². The fourth-order valence-electron chi connectivity index (χ4n) is 2.24. The molecule has 0 unspecified atom stereocenters. The van der Waals surface area contributed by atoms with Gasteiger partial charge in [-0.05, 0) is 44.0 Å². The molecule has 0 saturated heterocycles. The van der Waals surface area contributed by atoms with Gasteiger partial charge in [-0.15, -0.1) is 0 Å². The lowest BCUT2D eigenvalue weighted by Gasteiger charge is -2.11. The number of aromatic amines is 1. The van der Waals surface area contributed by atoms with Crippen LogP contribution in [0.2, 0.25) is 0 Å². The Bertz CT molecular complexity index is 721. The number of carbonyl (C=O) groups excluding carboxylic acids is 1. The second kappa shape index (κ2) is 7.11. The Balaban J connectivity index is 2.15. The summed E-state index contributed by atoms with van der Waals surface area (Å²) in [5, 5.41) is 3.80. The second-order valence-electron chi connectivity index (χ2n) is 5.45. The van der Waals surface area contributed by atoms with Gasteiger partial charge in [0.05, 0.1) is 7.11 Å². The fraction of sp³-hybridized carbons (Fsp3) is 0.412. The molecule has 1 aromatic heterocycles. The quantitative estimate of drug-likeness (QED) is 0.860. The van der Waals surface area contributed by atoms with Crippen molar-refractivity contribution in [2.75, 3.05) is 7.11 Å². The van der Waals surface area contributed by atoms with E-state index in [2.05, 4.69) is 10.3 Å². The highest BCUT2D eigenvalue weighted by Gasteiger charge is 2.09. The predicted octanol–water partition coefficient (Wildman–Crippen LogP) is 2.38. The minimum atomic E-state index is -0.144. The summed E-state index contributed by atoms with van der Waals surface area (Å²) in [5.74, 6) is 0.708. The van der Waals surface area contributed by atoms with Crippen LogP contribution in [0.1, 0.15) is 32.3 Å². The molecule has 118 valence electrons. The number of hydrogen-bond acceptors (Lipinski definition) is 3. The highest BCUT2D eigenvalue weighted by molar-refractivity contribution is 5.81. The summed E-state index contributed by atoms with van der Waals surface area (Å²) >= 11 is 0. The molecular weight excluding hydrogens is 280 g/mol. The summed E-state index contributed by atoms with van der Waals surface area (Å²) in [6.45, 7) is 3.99. The SMILES string of the molecule is CC[C@H](C)NC(=O)CCc1cc2cc(OC)ccc2[nH]c1=O. The lowest BCUT2D eigenvalue weighted by atomic mass is 10.1. The van der Waals surface area contributed by atoms with E-state index in [1.807, 2.05) is 32.0 Å². The van der Waals surface area contributed by atoms with Crippen molar-refractivity contribution >= 4 is 16.8 Å². The molecule has 0 saturated carbocycles. The molecule has 1 aromatic carbocycles. The first-order chi connectivity index (χ1) is 10.5. The number of rotatable bonds is 6. The van der Waals surface area contributed by atoms with Gasteiger partial charge in [-0.3, -0.25) is 9.59 Å². The standard InChI is InChI=1S/C17H22N2O3/c1-4-11(2)18-16(20)8-5-12-9-13-10-14(22-3)6-7-15(13)19-17(12)21/h6-7,9-11H,4-5,8H2,1-3H3,(H,18,20)(H,19,21)/t11-/m0/s1. The van der Waals surface area contributed by atoms with Crippen molar-refractivity contribution in [2.45, 2.75) is 39.2 Å². The molecule has 0 radical (unpaired) electrons. The topological polar surface area (TPSA) is 71.2 Å². The molecule has 0 fully saturated rings. The molecule has 2 N–H and O–H groups in total. The van der Waals surface area contributed by atoms with Crippen LogP contribution in [0.5, 0.6) is 5.75 Å². The molecule has 2 rings (SSSR count). The van der Waals surface area contributed by atoms with Crippen LogP contribution in [0.15, 0.2) is 29.1 Å². The maximum atomic E-state index is 12.1. The summed E-state index contributed by atoms with van der Waals surface area (Å²) in [5.41, 5.74) is 1.23. The van der Waals surface area contributed by atoms with Gasteiger partial charge in [-0.2, -0.15) is 0 Å². The number of nitrogens with one attached hydrogen (secondary N) is 2. The summed E-state index contributed by atoms with van der Waals surface area (Å²) in [7, 11) is 1.60. The lowest BCUT2D eigenvalue weighted by Crippen LogP contribution is -2.32. The number of ether oxygens (including phenoxy) is 1. The fourth-order valence-corrected chi connectivity index (χ4v) is 2.24. The molecular formula is C17H22N2O3. The molecule has 0 aliphatic heterocycles. The summed E-state index contributed by atoms with van der Waals surface area (Å²) in [6, 6.07) is 7.47. The van der Waals surface area contributed by atoms with Crippen LogP contribution < -0.4 is 15.6 Å². The Labute approximate surface area is 129 Å². The number of methoxy groups -OCH3 is 1. The van der Waals surface area contributed by atoms with Gasteiger partial charge in [0.2, 0.25) is 5.91 Å². The number of carbonyl (C=O) groups is 1. The monoisotopic (exact) mass is 302 g/mol. The van der Waals surface area contributed by atoms with Crippen LogP contribution in [0.4, 0.5) is 0 Å². The maximum Gasteiger partial charge on any atom is 0.251 e. The Kier molecular flexibility index (Phi) is 5.20. The zero-order valence-corrected chi connectivity index (χ0v) is 13.2. The van der Waals surface area contributed by atoms with E-state index >= 15 is 0 Å². The van der Waals surface area contributed by atoms with Gasteiger partial charge in [0.25, 0.3) is 5.56 Å². The zero-order chi connectivity index (χ0) is 16.1. The predicted molar refractivity (Wildman–Crippen MR) is 87.3 cm³/mol. The number of amides is 1. The van der Waals surface area contributed by atoms with Gasteiger partial charge in [0.15, 0.2) is 0 Å². The van der Waals surface area contributed by atoms with Crippen LogP contribution >= 0.6 is 0 Å². The first-order valence-corrected chi connectivity index (χ1v) is 7.52. The number of H-pyrrole nitrogens is 1. The summed E-state index contributed by atoms with van der Waals surface area (Å²) in [4.78, 5) is 26.7. The Morgan fingerprint density at radius 1 is 1.36 bits per heavy atom. The summed E-state index contributed by atoms with van der Waals surface area (Å²) < 4.78 is 5.19. The van der Waals surface area contributed by atoms with E-state index in [1.165, 1.54) is 0 Å². The van der Waals surface area contributed by atoms with Gasteiger partial charge >= 0.3 is 0 Å². The molecule has 5 heteroatoms. The molecule has 1 heterocycles. The smallest absolute Gasteiger partial charge is 0.251 e. The first kappa shape index (κ1) is 16.1. The van der Waals surface area contributed by atoms with Gasteiger partial charge in [-0.25, -0.2) is 0 Å². The van der Waals surface area contributed by atoms with E-state index < -0.39 is 0 Å². The average molecular weight is 302 g/mol. The third kappa shape index (κ3) is 3.87. The van der Waals surface area contributed by atoms with Crippen molar-refractivity contribution in [1.82, 2.24) is 10.3 Å². The molecule has 2 aromatic rings. The average Bonchev–Trinajstić information content (AvgIpc) is 2.52. The molecule has 22 heavy (non-hydrogen) atoms. The van der Waals surface area contributed by atoms with Crippen molar-refractivity contribution < 1.29 is 9.53 Å². The van der Waals surface area contributed by atoms with Gasteiger partial charge in [0, 0.05) is 28.9 Å². The minimum absolute atomic E-state index is 0.0283.